The Morgan fingerprint density at radius 1 is 1.06 bits per heavy atom. The van der Waals surface area contributed by atoms with Crippen LogP contribution in [0.25, 0.3) is 0 Å². The van der Waals surface area contributed by atoms with Crippen molar-refractivity contribution in [2.75, 3.05) is 33.4 Å². The van der Waals surface area contributed by atoms with E-state index in [9.17, 15) is 14.0 Å². The maximum Gasteiger partial charge on any atom is 0.404 e. The Labute approximate surface area is 180 Å². The molecule has 31 heavy (non-hydrogen) atoms. The van der Waals surface area contributed by atoms with E-state index in [1.807, 2.05) is 0 Å². The van der Waals surface area contributed by atoms with Crippen molar-refractivity contribution in [1.82, 2.24) is 4.90 Å². The van der Waals surface area contributed by atoms with Crippen molar-refractivity contribution in [1.29, 1.82) is 0 Å². The number of primary amides is 1. The summed E-state index contributed by atoms with van der Waals surface area (Å²) in [7, 11) is 1.59. The second-order valence-electron chi connectivity index (χ2n) is 7.49. The smallest absolute Gasteiger partial charge is 0.404 e. The highest BCUT2D eigenvalue weighted by atomic mass is 19.1. The van der Waals surface area contributed by atoms with E-state index in [1.165, 1.54) is 24.3 Å². The van der Waals surface area contributed by atoms with Gasteiger partial charge in [0.1, 0.15) is 23.9 Å². The number of hydrogen-bond acceptors (Lipinski definition) is 6. The molecule has 1 atom stereocenters. The van der Waals surface area contributed by atoms with E-state index in [1.54, 1.807) is 31.4 Å². The number of likely N-dealkylation sites (tertiary alicyclic amines) is 1. The standard InChI is InChI=1S/C23H27FN2O5/c1-29-19-6-8-20(9-7-19)30-15-21(31-23(25)28)14-26-12-10-17(11-13-26)22(27)16-2-4-18(24)5-3-16/h2-9,17,21H,10-15H2,1H3,(H2,25,28). The normalized spacial score (nSPS) is 15.8. The molecule has 1 unspecified atom stereocenters. The zero-order valence-corrected chi connectivity index (χ0v) is 17.5. The van der Waals surface area contributed by atoms with Gasteiger partial charge in [-0.2, -0.15) is 0 Å². The van der Waals surface area contributed by atoms with Gasteiger partial charge in [-0.05, 0) is 74.5 Å². The average Bonchev–Trinajstić information content (AvgIpc) is 2.78. The van der Waals surface area contributed by atoms with Crippen LogP contribution in [-0.2, 0) is 4.74 Å². The number of nitrogens with zero attached hydrogens (tertiary/aromatic N) is 1. The van der Waals surface area contributed by atoms with Crippen LogP contribution in [0.2, 0.25) is 0 Å². The zero-order valence-electron chi connectivity index (χ0n) is 17.5. The third-order valence-corrected chi connectivity index (χ3v) is 5.33. The summed E-state index contributed by atoms with van der Waals surface area (Å²) in [4.78, 5) is 26.1. The zero-order chi connectivity index (χ0) is 22.2. The molecule has 0 radical (unpaired) electrons. The minimum Gasteiger partial charge on any atom is -0.497 e. The number of piperidine rings is 1. The first kappa shape index (κ1) is 22.6. The minimum atomic E-state index is -0.857. The first-order valence-corrected chi connectivity index (χ1v) is 10.2. The summed E-state index contributed by atoms with van der Waals surface area (Å²) >= 11 is 0. The molecule has 2 N–H and O–H groups in total. The maximum absolute atomic E-state index is 13.1. The van der Waals surface area contributed by atoms with E-state index in [2.05, 4.69) is 4.90 Å². The van der Waals surface area contributed by atoms with Crippen LogP contribution in [0, 0.1) is 11.7 Å². The predicted octanol–water partition coefficient (Wildman–Crippen LogP) is 3.27. The van der Waals surface area contributed by atoms with Gasteiger partial charge in [0.15, 0.2) is 11.9 Å². The van der Waals surface area contributed by atoms with Gasteiger partial charge in [-0.1, -0.05) is 0 Å². The monoisotopic (exact) mass is 430 g/mol. The van der Waals surface area contributed by atoms with Crippen molar-refractivity contribution in [3.63, 3.8) is 0 Å². The van der Waals surface area contributed by atoms with E-state index in [0.717, 1.165) is 5.75 Å². The Morgan fingerprint density at radius 2 is 1.68 bits per heavy atom. The molecule has 0 bridgehead atoms. The number of ether oxygens (including phenoxy) is 3. The highest BCUT2D eigenvalue weighted by Gasteiger charge is 2.28. The van der Waals surface area contributed by atoms with Crippen molar-refractivity contribution >= 4 is 11.9 Å². The molecule has 1 aliphatic heterocycles. The van der Waals surface area contributed by atoms with Crippen LogP contribution in [0.4, 0.5) is 9.18 Å². The molecule has 8 heteroatoms. The van der Waals surface area contributed by atoms with Crippen LogP contribution < -0.4 is 15.2 Å². The summed E-state index contributed by atoms with van der Waals surface area (Å²) in [5.41, 5.74) is 5.75. The number of Topliss-reactive ketones (excluding diaryl/α,β-unsaturated/α-hetero) is 1. The quantitative estimate of drug-likeness (QED) is 0.614. The van der Waals surface area contributed by atoms with Gasteiger partial charge < -0.3 is 19.9 Å². The number of hydrogen-bond donors (Lipinski definition) is 1. The Morgan fingerprint density at radius 3 is 2.26 bits per heavy atom. The second-order valence-corrected chi connectivity index (χ2v) is 7.49. The Balaban J connectivity index is 1.50. The topological polar surface area (TPSA) is 91.1 Å². The fraction of sp³-hybridized carbons (Fsp3) is 0.391. The summed E-state index contributed by atoms with van der Waals surface area (Å²) in [6.45, 7) is 1.97. The molecular formula is C23H27FN2O5. The molecule has 3 rings (SSSR count). The number of amides is 1. The molecule has 7 nitrogen and oxygen atoms in total. The number of halogens is 1. The number of carbonyl (C=O) groups is 2. The maximum atomic E-state index is 13.1. The highest BCUT2D eigenvalue weighted by Crippen LogP contribution is 2.23. The van der Waals surface area contributed by atoms with E-state index >= 15 is 0 Å². The Kier molecular flexibility index (Phi) is 7.83. The van der Waals surface area contributed by atoms with E-state index in [4.69, 9.17) is 19.9 Å². The van der Waals surface area contributed by atoms with Gasteiger partial charge in [0, 0.05) is 18.0 Å². The number of nitrogens with two attached hydrogens (primary N) is 1. The summed E-state index contributed by atoms with van der Waals surface area (Å²) in [5, 5.41) is 0. The van der Waals surface area contributed by atoms with Crippen LogP contribution in [-0.4, -0.2) is 56.2 Å². The SMILES string of the molecule is COc1ccc(OCC(CN2CCC(C(=O)c3ccc(F)cc3)CC2)OC(N)=O)cc1. The molecule has 0 aromatic heterocycles. The molecule has 1 aliphatic rings. The number of carbonyl (C=O) groups excluding carboxylic acids is 2. The van der Waals surface area contributed by atoms with Crippen LogP contribution in [0.3, 0.4) is 0 Å². The van der Waals surface area contributed by atoms with Gasteiger partial charge in [0.2, 0.25) is 0 Å². The van der Waals surface area contributed by atoms with Crippen LogP contribution >= 0.6 is 0 Å². The Bertz CT molecular complexity index is 865. The van der Waals surface area contributed by atoms with Crippen molar-refractivity contribution in [2.45, 2.75) is 18.9 Å². The van der Waals surface area contributed by atoms with Gasteiger partial charge in [0.05, 0.1) is 7.11 Å². The lowest BCUT2D eigenvalue weighted by molar-refractivity contribution is 0.0363. The molecule has 0 saturated carbocycles. The van der Waals surface area contributed by atoms with Crippen molar-refractivity contribution in [3.8, 4) is 11.5 Å². The molecule has 1 fully saturated rings. The van der Waals surface area contributed by atoms with Gasteiger partial charge in [-0.3, -0.25) is 9.69 Å². The number of benzene rings is 2. The van der Waals surface area contributed by atoms with E-state index in [-0.39, 0.29) is 24.1 Å². The molecule has 0 aliphatic carbocycles. The van der Waals surface area contributed by atoms with E-state index in [0.29, 0.717) is 43.8 Å². The Hall–Kier alpha value is -3.13. The lowest BCUT2D eigenvalue weighted by Gasteiger charge is -2.33. The summed E-state index contributed by atoms with van der Waals surface area (Å²) in [5.74, 6) is 0.918. The fourth-order valence-electron chi connectivity index (χ4n) is 3.66. The predicted molar refractivity (Wildman–Crippen MR) is 113 cm³/mol. The van der Waals surface area contributed by atoms with Gasteiger partial charge in [-0.25, -0.2) is 9.18 Å². The molecule has 2 aromatic carbocycles. The largest absolute Gasteiger partial charge is 0.497 e. The number of rotatable bonds is 9. The summed E-state index contributed by atoms with van der Waals surface area (Å²) in [6, 6.07) is 12.8. The van der Waals surface area contributed by atoms with Gasteiger partial charge >= 0.3 is 6.09 Å². The molecule has 1 saturated heterocycles. The molecule has 166 valence electrons. The van der Waals surface area contributed by atoms with E-state index < -0.39 is 12.2 Å². The molecule has 1 amide bonds. The average molecular weight is 430 g/mol. The van der Waals surface area contributed by atoms with Crippen molar-refractivity contribution in [2.24, 2.45) is 11.7 Å². The molecule has 1 heterocycles. The highest BCUT2D eigenvalue weighted by molar-refractivity contribution is 5.97. The lowest BCUT2D eigenvalue weighted by Crippen LogP contribution is -2.44. The summed E-state index contributed by atoms with van der Waals surface area (Å²) < 4.78 is 29.2. The van der Waals surface area contributed by atoms with Crippen LogP contribution in [0.5, 0.6) is 11.5 Å². The van der Waals surface area contributed by atoms with Gasteiger partial charge in [0.25, 0.3) is 0 Å². The van der Waals surface area contributed by atoms with Crippen LogP contribution in [0.1, 0.15) is 23.2 Å². The lowest BCUT2D eigenvalue weighted by atomic mass is 9.89. The minimum absolute atomic E-state index is 0.0347. The third-order valence-electron chi connectivity index (χ3n) is 5.33. The molecule has 2 aromatic rings. The van der Waals surface area contributed by atoms with Crippen molar-refractivity contribution < 1.29 is 28.2 Å². The number of ketones is 1. The molecular weight excluding hydrogens is 403 g/mol. The summed E-state index contributed by atoms with van der Waals surface area (Å²) in [6.07, 6.45) is -0.0360. The van der Waals surface area contributed by atoms with Crippen molar-refractivity contribution in [3.05, 3.63) is 59.9 Å². The number of methoxy groups -OCH3 is 1. The van der Waals surface area contributed by atoms with Gasteiger partial charge in [-0.15, -0.1) is 0 Å². The third kappa shape index (κ3) is 6.68. The fourth-order valence-corrected chi connectivity index (χ4v) is 3.66. The second kappa shape index (κ2) is 10.8. The van der Waals surface area contributed by atoms with Crippen LogP contribution in [0.15, 0.2) is 48.5 Å². The molecule has 0 spiro atoms. The first-order valence-electron chi connectivity index (χ1n) is 10.2. The first-order chi connectivity index (χ1) is 14.9.